The van der Waals surface area contributed by atoms with Gasteiger partial charge in [0.2, 0.25) is 0 Å². The molecule has 1 fully saturated rings. The SMILES string of the molecule is CCN=C1S/C(=C/c2ccc(OC)c(Cl)c2)C(=O)N1CC. The number of amides is 1. The molecule has 4 nitrogen and oxygen atoms in total. The van der Waals surface area contributed by atoms with Crippen LogP contribution in [-0.4, -0.2) is 36.2 Å². The molecule has 0 radical (unpaired) electrons. The Labute approximate surface area is 133 Å². The highest BCUT2D eigenvalue weighted by molar-refractivity contribution is 8.18. The van der Waals surface area contributed by atoms with Gasteiger partial charge in [-0.1, -0.05) is 17.7 Å². The minimum Gasteiger partial charge on any atom is -0.495 e. The van der Waals surface area contributed by atoms with Crippen molar-refractivity contribution in [2.75, 3.05) is 20.2 Å². The number of carbonyl (C=O) groups excluding carboxylic acids is 1. The minimum absolute atomic E-state index is 0.0124. The number of amidine groups is 1. The zero-order chi connectivity index (χ0) is 15.4. The van der Waals surface area contributed by atoms with Crippen molar-refractivity contribution in [2.45, 2.75) is 13.8 Å². The van der Waals surface area contributed by atoms with Gasteiger partial charge in [0.1, 0.15) is 5.75 Å². The lowest BCUT2D eigenvalue weighted by Gasteiger charge is -2.11. The van der Waals surface area contributed by atoms with Crippen LogP contribution in [0.1, 0.15) is 19.4 Å². The van der Waals surface area contributed by atoms with Crippen LogP contribution in [0.2, 0.25) is 5.02 Å². The van der Waals surface area contributed by atoms with Gasteiger partial charge in [0.25, 0.3) is 5.91 Å². The molecule has 1 saturated heterocycles. The summed E-state index contributed by atoms with van der Waals surface area (Å²) in [5.41, 5.74) is 0.866. The van der Waals surface area contributed by atoms with E-state index in [0.717, 1.165) is 10.7 Å². The van der Waals surface area contributed by atoms with Crippen LogP contribution in [0.3, 0.4) is 0 Å². The van der Waals surface area contributed by atoms with Crippen molar-refractivity contribution < 1.29 is 9.53 Å². The molecular weight excluding hydrogens is 308 g/mol. The summed E-state index contributed by atoms with van der Waals surface area (Å²) in [4.78, 5) is 19.0. The molecule has 112 valence electrons. The molecule has 0 spiro atoms. The van der Waals surface area contributed by atoms with Crippen LogP contribution in [0.25, 0.3) is 6.08 Å². The summed E-state index contributed by atoms with van der Waals surface area (Å²) >= 11 is 7.51. The molecule has 0 bridgehead atoms. The molecule has 0 aliphatic carbocycles. The number of benzene rings is 1. The van der Waals surface area contributed by atoms with Gasteiger partial charge in [-0.25, -0.2) is 0 Å². The lowest BCUT2D eigenvalue weighted by molar-refractivity contribution is -0.122. The normalized spacial score (nSPS) is 18.9. The molecule has 0 atom stereocenters. The highest BCUT2D eigenvalue weighted by Crippen LogP contribution is 2.33. The number of halogens is 1. The molecule has 1 amide bonds. The van der Waals surface area contributed by atoms with Crippen LogP contribution in [0, 0.1) is 0 Å². The number of thioether (sulfide) groups is 1. The summed E-state index contributed by atoms with van der Waals surface area (Å²) in [5.74, 6) is 0.606. The number of carbonyl (C=O) groups is 1. The Morgan fingerprint density at radius 2 is 2.19 bits per heavy atom. The number of rotatable bonds is 4. The van der Waals surface area contributed by atoms with Crippen LogP contribution < -0.4 is 4.74 Å². The second-order valence-corrected chi connectivity index (χ2v) is 5.73. The van der Waals surface area contributed by atoms with Crippen molar-refractivity contribution in [1.82, 2.24) is 4.90 Å². The lowest BCUT2D eigenvalue weighted by Crippen LogP contribution is -2.28. The predicted molar refractivity (Wildman–Crippen MR) is 88.9 cm³/mol. The molecule has 1 aromatic carbocycles. The first-order valence-electron chi connectivity index (χ1n) is 6.70. The zero-order valence-corrected chi connectivity index (χ0v) is 13.8. The lowest BCUT2D eigenvalue weighted by atomic mass is 10.2. The maximum absolute atomic E-state index is 12.3. The second-order valence-electron chi connectivity index (χ2n) is 4.31. The summed E-state index contributed by atoms with van der Waals surface area (Å²) in [6, 6.07) is 5.45. The molecule has 21 heavy (non-hydrogen) atoms. The van der Waals surface area contributed by atoms with E-state index in [0.29, 0.717) is 28.8 Å². The fourth-order valence-electron chi connectivity index (χ4n) is 1.96. The summed E-state index contributed by atoms with van der Waals surface area (Å²) in [5, 5.41) is 1.29. The van der Waals surface area contributed by atoms with E-state index in [1.165, 1.54) is 11.8 Å². The van der Waals surface area contributed by atoms with Gasteiger partial charge in [0, 0.05) is 13.1 Å². The van der Waals surface area contributed by atoms with E-state index in [2.05, 4.69) is 4.99 Å². The van der Waals surface area contributed by atoms with E-state index in [1.54, 1.807) is 24.1 Å². The number of hydrogen-bond donors (Lipinski definition) is 0. The molecule has 0 N–H and O–H groups in total. The molecule has 0 aromatic heterocycles. The van der Waals surface area contributed by atoms with E-state index in [4.69, 9.17) is 16.3 Å². The third-order valence-electron chi connectivity index (χ3n) is 2.97. The smallest absolute Gasteiger partial charge is 0.266 e. The fourth-order valence-corrected chi connectivity index (χ4v) is 3.33. The van der Waals surface area contributed by atoms with Gasteiger partial charge in [-0.15, -0.1) is 0 Å². The number of hydrogen-bond acceptors (Lipinski definition) is 4. The molecule has 1 aliphatic heterocycles. The Balaban J connectivity index is 2.31. The fraction of sp³-hybridized carbons (Fsp3) is 0.333. The quantitative estimate of drug-likeness (QED) is 0.794. The molecule has 0 saturated carbocycles. The van der Waals surface area contributed by atoms with Crippen molar-refractivity contribution in [3.63, 3.8) is 0 Å². The van der Waals surface area contributed by atoms with Gasteiger partial charge in [0.05, 0.1) is 17.0 Å². The molecule has 2 rings (SSSR count). The minimum atomic E-state index is -0.0124. The molecule has 0 unspecified atom stereocenters. The Kier molecular flexibility index (Phi) is 5.31. The monoisotopic (exact) mass is 324 g/mol. The maximum Gasteiger partial charge on any atom is 0.266 e. The standard InChI is InChI=1S/C15H17ClN2O2S/c1-4-17-15-18(5-2)14(19)13(21-15)9-10-6-7-12(20-3)11(16)8-10/h6-9H,4-5H2,1-3H3/b13-9+,17-15?. The molecule has 6 heteroatoms. The first-order chi connectivity index (χ1) is 10.1. The summed E-state index contributed by atoms with van der Waals surface area (Å²) < 4.78 is 5.12. The number of ether oxygens (including phenoxy) is 1. The van der Waals surface area contributed by atoms with E-state index < -0.39 is 0 Å². The number of likely N-dealkylation sites (N-methyl/N-ethyl adjacent to an activating group) is 1. The molecule has 1 aromatic rings. The Hall–Kier alpha value is -1.46. The average molecular weight is 325 g/mol. The van der Waals surface area contributed by atoms with Gasteiger partial charge < -0.3 is 4.74 Å². The first-order valence-corrected chi connectivity index (χ1v) is 7.89. The van der Waals surface area contributed by atoms with Gasteiger partial charge >= 0.3 is 0 Å². The first kappa shape index (κ1) is 15.9. The van der Waals surface area contributed by atoms with Crippen LogP contribution in [0.5, 0.6) is 5.75 Å². The van der Waals surface area contributed by atoms with Crippen molar-refractivity contribution in [1.29, 1.82) is 0 Å². The summed E-state index contributed by atoms with van der Waals surface area (Å²) in [6.45, 7) is 5.17. The third-order valence-corrected chi connectivity index (χ3v) is 4.31. The van der Waals surface area contributed by atoms with Crippen LogP contribution in [-0.2, 0) is 4.79 Å². The largest absolute Gasteiger partial charge is 0.495 e. The highest BCUT2D eigenvalue weighted by atomic mass is 35.5. The second kappa shape index (κ2) is 7.00. The number of methoxy groups -OCH3 is 1. The zero-order valence-electron chi connectivity index (χ0n) is 12.2. The Morgan fingerprint density at radius 1 is 1.43 bits per heavy atom. The van der Waals surface area contributed by atoms with Gasteiger partial charge in [0.15, 0.2) is 5.17 Å². The van der Waals surface area contributed by atoms with E-state index >= 15 is 0 Å². The van der Waals surface area contributed by atoms with E-state index in [1.807, 2.05) is 26.0 Å². The topological polar surface area (TPSA) is 41.9 Å². The van der Waals surface area contributed by atoms with Gasteiger partial charge in [-0.3, -0.25) is 14.7 Å². The van der Waals surface area contributed by atoms with Crippen molar-refractivity contribution in [3.8, 4) is 5.75 Å². The predicted octanol–water partition coefficient (Wildman–Crippen LogP) is 3.66. The number of nitrogens with zero attached hydrogens (tertiary/aromatic N) is 2. The number of aliphatic imine (C=N–C) groups is 1. The molecule has 1 heterocycles. The third kappa shape index (κ3) is 3.41. The highest BCUT2D eigenvalue weighted by Gasteiger charge is 2.31. The van der Waals surface area contributed by atoms with Crippen LogP contribution in [0.15, 0.2) is 28.1 Å². The molecule has 1 aliphatic rings. The summed E-state index contributed by atoms with van der Waals surface area (Å²) in [6.07, 6.45) is 1.83. The van der Waals surface area contributed by atoms with E-state index in [9.17, 15) is 4.79 Å². The average Bonchev–Trinajstić information content (AvgIpc) is 2.75. The maximum atomic E-state index is 12.3. The molecular formula is C15H17ClN2O2S. The van der Waals surface area contributed by atoms with Crippen LogP contribution in [0.4, 0.5) is 0 Å². The van der Waals surface area contributed by atoms with Crippen molar-refractivity contribution in [2.24, 2.45) is 4.99 Å². The Morgan fingerprint density at radius 3 is 2.76 bits per heavy atom. The Bertz CT molecular complexity index is 614. The van der Waals surface area contributed by atoms with Gasteiger partial charge in [-0.2, -0.15) is 0 Å². The van der Waals surface area contributed by atoms with Crippen molar-refractivity contribution in [3.05, 3.63) is 33.7 Å². The van der Waals surface area contributed by atoms with E-state index in [-0.39, 0.29) is 5.91 Å². The summed E-state index contributed by atoms with van der Waals surface area (Å²) in [7, 11) is 1.57. The van der Waals surface area contributed by atoms with Crippen molar-refractivity contribution >= 4 is 40.5 Å². The van der Waals surface area contributed by atoms with Crippen LogP contribution >= 0.6 is 23.4 Å². The van der Waals surface area contributed by atoms with Gasteiger partial charge in [-0.05, 0) is 49.4 Å².